The van der Waals surface area contributed by atoms with Crippen LogP contribution in [0, 0.1) is 5.82 Å². The molecule has 0 saturated carbocycles. The fourth-order valence-electron chi connectivity index (χ4n) is 2.51. The average molecular weight is 447 g/mol. The first-order valence-electron chi connectivity index (χ1n) is 8.68. The first kappa shape index (κ1) is 19.9. The Morgan fingerprint density at radius 2 is 1.86 bits per heavy atom. The molecule has 0 aliphatic carbocycles. The van der Waals surface area contributed by atoms with Crippen molar-refractivity contribution in [1.82, 2.24) is 19.7 Å². The molecule has 2 aromatic heterocycles. The van der Waals surface area contributed by atoms with Crippen LogP contribution >= 0.6 is 34.7 Å². The molecule has 0 radical (unpaired) electrons. The number of aromatic nitrogens is 4. The van der Waals surface area contributed by atoms with Gasteiger partial charge in [0.1, 0.15) is 23.2 Å². The highest BCUT2D eigenvalue weighted by molar-refractivity contribution is 7.98. The van der Waals surface area contributed by atoms with Crippen LogP contribution in [-0.4, -0.2) is 19.7 Å². The number of ether oxygens (including phenoxy) is 1. The molecule has 4 aromatic rings. The third-order valence-corrected chi connectivity index (χ3v) is 6.34. The number of nitrogens with zero attached hydrogens (tertiary/aromatic N) is 4. The standard InChI is InChI=1S/C20H16ClFN4OS2/c1-26-18(10-27-17-8-4-14(21)5-9-17)24-25-20(26)29-12-16-11-28-19(23-16)13-2-6-15(22)7-3-13/h2-9,11H,10,12H2,1H3. The highest BCUT2D eigenvalue weighted by atomic mass is 35.5. The van der Waals surface area contributed by atoms with Crippen molar-refractivity contribution in [2.45, 2.75) is 17.5 Å². The fourth-order valence-corrected chi connectivity index (χ4v) is 4.39. The summed E-state index contributed by atoms with van der Waals surface area (Å²) in [4.78, 5) is 4.63. The minimum Gasteiger partial charge on any atom is -0.486 e. The van der Waals surface area contributed by atoms with E-state index in [-0.39, 0.29) is 5.82 Å². The van der Waals surface area contributed by atoms with Gasteiger partial charge >= 0.3 is 0 Å². The van der Waals surface area contributed by atoms with E-state index in [4.69, 9.17) is 16.3 Å². The highest BCUT2D eigenvalue weighted by Crippen LogP contribution is 2.27. The Labute approximate surface area is 180 Å². The Morgan fingerprint density at radius 1 is 1.10 bits per heavy atom. The molecule has 0 amide bonds. The van der Waals surface area contributed by atoms with Crippen molar-refractivity contribution < 1.29 is 9.13 Å². The van der Waals surface area contributed by atoms with Crippen molar-refractivity contribution in [3.8, 4) is 16.3 Å². The molecular formula is C20H16ClFN4OS2. The van der Waals surface area contributed by atoms with E-state index in [0.717, 1.165) is 33.0 Å². The van der Waals surface area contributed by atoms with Crippen LogP contribution in [0.5, 0.6) is 5.75 Å². The van der Waals surface area contributed by atoms with Gasteiger partial charge < -0.3 is 9.30 Å². The number of thiazole rings is 1. The minimum absolute atomic E-state index is 0.251. The molecule has 0 unspecified atom stereocenters. The summed E-state index contributed by atoms with van der Waals surface area (Å²) in [5, 5.41) is 12.8. The number of rotatable bonds is 7. The SMILES string of the molecule is Cn1c(COc2ccc(Cl)cc2)nnc1SCc1csc(-c2ccc(F)cc2)n1. The van der Waals surface area contributed by atoms with Crippen LogP contribution in [0.2, 0.25) is 5.02 Å². The fraction of sp³-hybridized carbons (Fsp3) is 0.150. The van der Waals surface area contributed by atoms with Crippen LogP contribution in [0.25, 0.3) is 10.6 Å². The number of halogens is 2. The Morgan fingerprint density at radius 3 is 2.62 bits per heavy atom. The molecule has 5 nitrogen and oxygen atoms in total. The van der Waals surface area contributed by atoms with Crippen molar-refractivity contribution in [2.24, 2.45) is 7.05 Å². The molecule has 2 heterocycles. The van der Waals surface area contributed by atoms with E-state index in [1.165, 1.54) is 12.1 Å². The number of hydrogen-bond donors (Lipinski definition) is 0. The van der Waals surface area contributed by atoms with E-state index in [0.29, 0.717) is 17.4 Å². The molecule has 0 saturated heterocycles. The van der Waals surface area contributed by atoms with Crippen molar-refractivity contribution in [3.63, 3.8) is 0 Å². The van der Waals surface area contributed by atoms with Gasteiger partial charge in [-0.15, -0.1) is 21.5 Å². The molecule has 2 aromatic carbocycles. The third-order valence-electron chi connectivity index (χ3n) is 4.10. The highest BCUT2D eigenvalue weighted by Gasteiger charge is 2.12. The molecule has 9 heteroatoms. The Balaban J connectivity index is 1.35. The van der Waals surface area contributed by atoms with Crippen LogP contribution in [0.3, 0.4) is 0 Å². The predicted octanol–water partition coefficient (Wildman–Crippen LogP) is 5.60. The van der Waals surface area contributed by atoms with Crippen molar-refractivity contribution in [3.05, 3.63) is 76.3 Å². The molecule has 0 bridgehead atoms. The number of hydrogen-bond acceptors (Lipinski definition) is 6. The number of thioether (sulfide) groups is 1. The lowest BCUT2D eigenvalue weighted by atomic mass is 10.2. The van der Waals surface area contributed by atoms with Crippen molar-refractivity contribution in [1.29, 1.82) is 0 Å². The lowest BCUT2D eigenvalue weighted by Gasteiger charge is -2.06. The van der Waals surface area contributed by atoms with E-state index >= 15 is 0 Å². The zero-order valence-corrected chi connectivity index (χ0v) is 17.8. The largest absolute Gasteiger partial charge is 0.486 e. The molecular weight excluding hydrogens is 431 g/mol. The van der Waals surface area contributed by atoms with Crippen molar-refractivity contribution in [2.75, 3.05) is 0 Å². The Hall–Kier alpha value is -2.42. The van der Waals surface area contributed by atoms with Crippen molar-refractivity contribution >= 4 is 34.7 Å². The van der Waals surface area contributed by atoms with Crippen LogP contribution < -0.4 is 4.74 Å². The van der Waals surface area contributed by atoms with E-state index in [1.807, 2.05) is 29.1 Å². The maximum absolute atomic E-state index is 13.1. The second kappa shape index (κ2) is 8.94. The molecule has 0 aliphatic rings. The van der Waals surface area contributed by atoms with E-state index in [9.17, 15) is 4.39 Å². The molecule has 0 atom stereocenters. The summed E-state index contributed by atoms with van der Waals surface area (Å²) in [6, 6.07) is 13.6. The second-order valence-electron chi connectivity index (χ2n) is 6.14. The van der Waals surface area contributed by atoms with Gasteiger partial charge in [-0.1, -0.05) is 23.4 Å². The summed E-state index contributed by atoms with van der Waals surface area (Å²) >= 11 is 8.98. The van der Waals surface area contributed by atoms with E-state index < -0.39 is 0 Å². The molecule has 0 spiro atoms. The molecule has 0 aliphatic heterocycles. The van der Waals surface area contributed by atoms with Gasteiger partial charge in [0.15, 0.2) is 11.0 Å². The molecule has 29 heavy (non-hydrogen) atoms. The first-order chi connectivity index (χ1) is 14.1. The lowest BCUT2D eigenvalue weighted by molar-refractivity contribution is 0.290. The van der Waals surface area contributed by atoms with Gasteiger partial charge in [-0.25, -0.2) is 9.37 Å². The average Bonchev–Trinajstić information content (AvgIpc) is 3.33. The van der Waals surface area contributed by atoms with Gasteiger partial charge in [-0.2, -0.15) is 0 Å². The first-order valence-corrected chi connectivity index (χ1v) is 10.9. The molecule has 4 rings (SSSR count). The third kappa shape index (κ3) is 4.95. The monoisotopic (exact) mass is 446 g/mol. The zero-order chi connectivity index (χ0) is 20.2. The maximum Gasteiger partial charge on any atom is 0.191 e. The summed E-state index contributed by atoms with van der Waals surface area (Å²) in [5.41, 5.74) is 1.86. The van der Waals surface area contributed by atoms with Gasteiger partial charge in [0.05, 0.1) is 5.69 Å². The summed E-state index contributed by atoms with van der Waals surface area (Å²) in [6.45, 7) is 0.317. The normalized spacial score (nSPS) is 11.0. The Bertz CT molecular complexity index is 1100. The zero-order valence-electron chi connectivity index (χ0n) is 15.4. The summed E-state index contributed by atoms with van der Waals surface area (Å²) in [5.74, 6) is 1.87. The van der Waals surface area contributed by atoms with Crippen LogP contribution in [-0.2, 0) is 19.4 Å². The lowest BCUT2D eigenvalue weighted by Crippen LogP contribution is -2.04. The van der Waals surface area contributed by atoms with Gasteiger partial charge in [-0.3, -0.25) is 0 Å². The van der Waals surface area contributed by atoms with Crippen LogP contribution in [0.4, 0.5) is 4.39 Å². The van der Waals surface area contributed by atoms with Crippen LogP contribution in [0.1, 0.15) is 11.5 Å². The summed E-state index contributed by atoms with van der Waals surface area (Å²) in [7, 11) is 1.91. The van der Waals surface area contributed by atoms with Gasteiger partial charge in [0.2, 0.25) is 0 Å². The molecule has 0 N–H and O–H groups in total. The Kier molecular flexibility index (Phi) is 6.13. The summed E-state index contributed by atoms with van der Waals surface area (Å²) in [6.07, 6.45) is 0. The van der Waals surface area contributed by atoms with Gasteiger partial charge in [0.25, 0.3) is 0 Å². The second-order valence-corrected chi connectivity index (χ2v) is 8.38. The maximum atomic E-state index is 13.1. The quantitative estimate of drug-likeness (QED) is 0.346. The minimum atomic E-state index is -0.251. The topological polar surface area (TPSA) is 52.8 Å². The van der Waals surface area contributed by atoms with Gasteiger partial charge in [-0.05, 0) is 48.5 Å². The molecule has 148 valence electrons. The predicted molar refractivity (Wildman–Crippen MR) is 114 cm³/mol. The van der Waals surface area contributed by atoms with Gasteiger partial charge in [0, 0.05) is 28.8 Å². The van der Waals surface area contributed by atoms with E-state index in [1.54, 1.807) is 47.4 Å². The number of benzene rings is 2. The summed E-state index contributed by atoms with van der Waals surface area (Å²) < 4.78 is 20.7. The smallest absolute Gasteiger partial charge is 0.191 e. The van der Waals surface area contributed by atoms with Crippen LogP contribution in [0.15, 0.2) is 59.1 Å². The molecule has 0 fully saturated rings. The van der Waals surface area contributed by atoms with E-state index in [2.05, 4.69) is 15.2 Å².